The summed E-state index contributed by atoms with van der Waals surface area (Å²) in [6.45, 7) is 1.66. The topological polar surface area (TPSA) is 75.4 Å². The van der Waals surface area contributed by atoms with Gasteiger partial charge in [-0.05, 0) is 19.1 Å². The van der Waals surface area contributed by atoms with Gasteiger partial charge in [-0.15, -0.1) is 0 Å². The van der Waals surface area contributed by atoms with Crippen LogP contribution < -0.4 is 5.32 Å². The molecule has 0 aliphatic carbocycles. The third-order valence-corrected chi connectivity index (χ3v) is 2.32. The van der Waals surface area contributed by atoms with E-state index in [1.807, 2.05) is 0 Å². The van der Waals surface area contributed by atoms with E-state index in [4.69, 9.17) is 5.11 Å². The van der Waals surface area contributed by atoms with Crippen molar-refractivity contribution in [2.75, 3.05) is 11.9 Å². The molecule has 0 aliphatic rings. The van der Waals surface area contributed by atoms with E-state index in [1.54, 1.807) is 19.1 Å². The highest BCUT2D eigenvalue weighted by Gasteiger charge is 2.14. The summed E-state index contributed by atoms with van der Waals surface area (Å²) in [7, 11) is 0. The average molecular weight is 275 g/mol. The van der Waals surface area contributed by atoms with E-state index in [0.29, 0.717) is 5.69 Å². The molecular formula is C9H11BrN2O3. The first-order valence-corrected chi connectivity index (χ1v) is 5.15. The number of aliphatic hydroxyl groups is 1. The van der Waals surface area contributed by atoms with E-state index in [9.17, 15) is 10.1 Å². The molecule has 1 aromatic rings. The Morgan fingerprint density at radius 3 is 2.87 bits per heavy atom. The largest absolute Gasteiger partial charge is 0.394 e. The second kappa shape index (κ2) is 5.09. The molecule has 0 unspecified atom stereocenters. The van der Waals surface area contributed by atoms with Crippen molar-refractivity contribution < 1.29 is 10.0 Å². The van der Waals surface area contributed by atoms with Crippen LogP contribution in [0.2, 0.25) is 0 Å². The highest BCUT2D eigenvalue weighted by molar-refractivity contribution is 9.10. The van der Waals surface area contributed by atoms with Crippen LogP contribution in [0.1, 0.15) is 6.92 Å². The fourth-order valence-corrected chi connectivity index (χ4v) is 1.46. The predicted octanol–water partition coefficient (Wildman–Crippen LogP) is 2.15. The van der Waals surface area contributed by atoms with Crippen LogP contribution in [-0.4, -0.2) is 22.7 Å². The molecule has 0 aromatic heterocycles. The summed E-state index contributed by atoms with van der Waals surface area (Å²) in [5.41, 5.74) is 0.398. The lowest BCUT2D eigenvalue weighted by molar-refractivity contribution is -0.384. The molecule has 0 fully saturated rings. The lowest BCUT2D eigenvalue weighted by Gasteiger charge is -2.12. The second-order valence-corrected chi connectivity index (χ2v) is 4.06. The summed E-state index contributed by atoms with van der Waals surface area (Å²) in [5.74, 6) is 0. The van der Waals surface area contributed by atoms with Crippen molar-refractivity contribution in [1.29, 1.82) is 0 Å². The van der Waals surface area contributed by atoms with Gasteiger partial charge in [0.2, 0.25) is 0 Å². The number of nitrogens with one attached hydrogen (secondary N) is 1. The molecule has 5 nitrogen and oxygen atoms in total. The fraction of sp³-hybridized carbons (Fsp3) is 0.333. The smallest absolute Gasteiger partial charge is 0.292 e. The molecule has 1 atom stereocenters. The molecule has 0 bridgehead atoms. The molecule has 15 heavy (non-hydrogen) atoms. The van der Waals surface area contributed by atoms with Crippen molar-refractivity contribution in [2.45, 2.75) is 13.0 Å². The molecule has 0 radical (unpaired) electrons. The third-order valence-electron chi connectivity index (χ3n) is 1.83. The zero-order chi connectivity index (χ0) is 11.4. The van der Waals surface area contributed by atoms with Crippen LogP contribution in [0, 0.1) is 10.1 Å². The third kappa shape index (κ3) is 3.17. The quantitative estimate of drug-likeness (QED) is 0.652. The van der Waals surface area contributed by atoms with Gasteiger partial charge in [-0.3, -0.25) is 10.1 Å². The van der Waals surface area contributed by atoms with Gasteiger partial charge in [0.15, 0.2) is 0 Å². The highest BCUT2D eigenvalue weighted by atomic mass is 79.9. The van der Waals surface area contributed by atoms with Crippen LogP contribution in [0.25, 0.3) is 0 Å². The summed E-state index contributed by atoms with van der Waals surface area (Å²) < 4.78 is 0.751. The lowest BCUT2D eigenvalue weighted by Crippen LogP contribution is -2.19. The summed E-state index contributed by atoms with van der Waals surface area (Å²) >= 11 is 3.23. The number of hydrogen-bond donors (Lipinski definition) is 2. The maximum Gasteiger partial charge on any atom is 0.292 e. The first-order chi connectivity index (χ1) is 7.04. The number of rotatable bonds is 4. The number of aliphatic hydroxyl groups excluding tert-OH is 1. The predicted molar refractivity (Wildman–Crippen MR) is 61.0 cm³/mol. The van der Waals surface area contributed by atoms with Gasteiger partial charge in [-0.1, -0.05) is 15.9 Å². The van der Waals surface area contributed by atoms with Gasteiger partial charge in [0, 0.05) is 16.6 Å². The van der Waals surface area contributed by atoms with Crippen molar-refractivity contribution in [2.24, 2.45) is 0 Å². The van der Waals surface area contributed by atoms with E-state index < -0.39 is 4.92 Å². The Labute approximate surface area is 95.4 Å². The van der Waals surface area contributed by atoms with Gasteiger partial charge in [0.1, 0.15) is 5.69 Å². The van der Waals surface area contributed by atoms with Gasteiger partial charge >= 0.3 is 0 Å². The van der Waals surface area contributed by atoms with Gasteiger partial charge < -0.3 is 10.4 Å². The number of nitro groups is 1. The van der Waals surface area contributed by atoms with Crippen LogP contribution >= 0.6 is 15.9 Å². The molecule has 2 N–H and O–H groups in total. The van der Waals surface area contributed by atoms with Crippen molar-refractivity contribution in [3.63, 3.8) is 0 Å². The average Bonchev–Trinajstić information content (AvgIpc) is 2.17. The van der Waals surface area contributed by atoms with E-state index >= 15 is 0 Å². The molecule has 0 amide bonds. The van der Waals surface area contributed by atoms with E-state index in [2.05, 4.69) is 21.2 Å². The molecule has 1 rings (SSSR count). The first-order valence-electron chi connectivity index (χ1n) is 4.36. The molecule has 6 heteroatoms. The molecule has 0 saturated carbocycles. The minimum absolute atomic E-state index is 0.00139. The Bertz CT molecular complexity index is 370. The number of nitro benzene ring substituents is 1. The van der Waals surface area contributed by atoms with Crippen LogP contribution in [0.4, 0.5) is 11.4 Å². The number of hydrogen-bond acceptors (Lipinski definition) is 4. The molecule has 82 valence electrons. The van der Waals surface area contributed by atoms with Crippen molar-refractivity contribution in [3.05, 3.63) is 32.8 Å². The van der Waals surface area contributed by atoms with Gasteiger partial charge in [-0.25, -0.2) is 0 Å². The number of anilines is 1. The highest BCUT2D eigenvalue weighted by Crippen LogP contribution is 2.28. The molecule has 0 heterocycles. The van der Waals surface area contributed by atoms with Gasteiger partial charge in [-0.2, -0.15) is 0 Å². The zero-order valence-corrected chi connectivity index (χ0v) is 9.69. The van der Waals surface area contributed by atoms with E-state index in [0.717, 1.165) is 4.47 Å². The first kappa shape index (κ1) is 11.9. The molecular weight excluding hydrogens is 264 g/mol. The van der Waals surface area contributed by atoms with Crippen molar-refractivity contribution in [3.8, 4) is 0 Å². The minimum atomic E-state index is -0.459. The Kier molecular flexibility index (Phi) is 4.05. The molecule has 0 aliphatic heterocycles. The van der Waals surface area contributed by atoms with Crippen molar-refractivity contribution in [1.82, 2.24) is 0 Å². The summed E-state index contributed by atoms with van der Waals surface area (Å²) in [6, 6.07) is 4.41. The normalized spacial score (nSPS) is 12.2. The van der Waals surface area contributed by atoms with Gasteiger partial charge in [0.25, 0.3) is 5.69 Å². The summed E-state index contributed by atoms with van der Waals surface area (Å²) in [4.78, 5) is 10.2. The second-order valence-electron chi connectivity index (χ2n) is 3.15. The summed E-state index contributed by atoms with van der Waals surface area (Å²) in [6.07, 6.45) is 0. The van der Waals surface area contributed by atoms with Crippen molar-refractivity contribution >= 4 is 27.3 Å². The molecule has 0 saturated heterocycles. The Hall–Kier alpha value is -1.14. The molecule has 1 aromatic carbocycles. The summed E-state index contributed by atoms with van der Waals surface area (Å²) in [5, 5.41) is 22.4. The maximum absolute atomic E-state index is 10.7. The lowest BCUT2D eigenvalue weighted by atomic mass is 10.2. The Morgan fingerprint density at radius 1 is 1.67 bits per heavy atom. The van der Waals surface area contributed by atoms with Crippen LogP contribution in [0.3, 0.4) is 0 Å². The van der Waals surface area contributed by atoms with E-state index in [1.165, 1.54) is 6.07 Å². The SMILES string of the molecule is C[C@H](CO)Nc1cc(Br)ccc1[N+](=O)[O-]. The number of benzene rings is 1. The Balaban J connectivity index is 3.02. The van der Waals surface area contributed by atoms with Crippen LogP contribution in [0.5, 0.6) is 0 Å². The van der Waals surface area contributed by atoms with Gasteiger partial charge in [0.05, 0.1) is 11.5 Å². The zero-order valence-electron chi connectivity index (χ0n) is 8.11. The van der Waals surface area contributed by atoms with Crippen LogP contribution in [-0.2, 0) is 0 Å². The number of halogens is 1. The Morgan fingerprint density at radius 2 is 2.33 bits per heavy atom. The minimum Gasteiger partial charge on any atom is -0.394 e. The number of nitrogens with zero attached hydrogens (tertiary/aromatic N) is 1. The maximum atomic E-state index is 10.7. The van der Waals surface area contributed by atoms with Crippen LogP contribution in [0.15, 0.2) is 22.7 Å². The fourth-order valence-electron chi connectivity index (χ4n) is 1.09. The van der Waals surface area contributed by atoms with E-state index in [-0.39, 0.29) is 18.3 Å². The monoisotopic (exact) mass is 274 g/mol. The standard InChI is InChI=1S/C9H11BrN2O3/c1-6(5-13)11-8-4-7(10)2-3-9(8)12(14)15/h2-4,6,11,13H,5H2,1H3/t6-/m1/s1. The molecule has 0 spiro atoms.